The fourth-order valence-corrected chi connectivity index (χ4v) is 1.70. The highest BCUT2D eigenvalue weighted by atomic mass is 16.3. The first-order valence-electron chi connectivity index (χ1n) is 5.37. The van der Waals surface area contributed by atoms with Crippen LogP contribution in [0.1, 0.15) is 52.9 Å². The van der Waals surface area contributed by atoms with Gasteiger partial charge in [-0.2, -0.15) is 0 Å². The summed E-state index contributed by atoms with van der Waals surface area (Å²) in [6, 6.07) is 0. The predicted molar refractivity (Wildman–Crippen MR) is 55.6 cm³/mol. The van der Waals surface area contributed by atoms with E-state index in [1.165, 1.54) is 0 Å². The molecule has 2 atom stereocenters. The molecule has 2 nitrogen and oxygen atoms in total. The van der Waals surface area contributed by atoms with Crippen molar-refractivity contribution in [3.63, 3.8) is 0 Å². The van der Waals surface area contributed by atoms with Crippen LogP contribution in [0.2, 0.25) is 0 Å². The van der Waals surface area contributed by atoms with Crippen LogP contribution in [0.5, 0.6) is 0 Å². The molecular weight excluding hydrogens is 164 g/mol. The first-order valence-corrected chi connectivity index (χ1v) is 5.37. The molecule has 13 heavy (non-hydrogen) atoms. The Morgan fingerprint density at radius 1 is 1.31 bits per heavy atom. The number of aliphatic hydroxyl groups excluding tert-OH is 2. The average molecular weight is 188 g/mol. The highest BCUT2D eigenvalue weighted by Crippen LogP contribution is 2.31. The summed E-state index contributed by atoms with van der Waals surface area (Å²) in [7, 11) is 0. The van der Waals surface area contributed by atoms with Gasteiger partial charge in [-0.05, 0) is 24.7 Å². The van der Waals surface area contributed by atoms with E-state index in [0.717, 1.165) is 32.1 Å². The van der Waals surface area contributed by atoms with Gasteiger partial charge in [-0.15, -0.1) is 0 Å². The molecule has 0 aliphatic carbocycles. The van der Waals surface area contributed by atoms with Gasteiger partial charge in [0.2, 0.25) is 0 Å². The summed E-state index contributed by atoms with van der Waals surface area (Å²) in [5.41, 5.74) is 0.114. The fourth-order valence-electron chi connectivity index (χ4n) is 1.70. The summed E-state index contributed by atoms with van der Waals surface area (Å²) in [6.07, 6.45) is 4.35. The van der Waals surface area contributed by atoms with Crippen LogP contribution in [0.15, 0.2) is 0 Å². The van der Waals surface area contributed by atoms with Gasteiger partial charge in [-0.1, -0.05) is 33.6 Å². The summed E-state index contributed by atoms with van der Waals surface area (Å²) in [6.45, 7) is 6.57. The number of rotatable bonds is 7. The van der Waals surface area contributed by atoms with Crippen molar-refractivity contribution in [3.05, 3.63) is 0 Å². The lowest BCUT2D eigenvalue weighted by Gasteiger charge is -2.29. The third kappa shape index (κ3) is 5.27. The van der Waals surface area contributed by atoms with Crippen molar-refractivity contribution in [1.82, 2.24) is 0 Å². The first-order chi connectivity index (χ1) is 6.08. The molecule has 0 fully saturated rings. The molecule has 0 radical (unpaired) electrons. The molecule has 80 valence electrons. The molecule has 0 saturated carbocycles. The van der Waals surface area contributed by atoms with Crippen molar-refractivity contribution in [2.45, 2.75) is 59.0 Å². The molecule has 0 aromatic rings. The van der Waals surface area contributed by atoms with Crippen LogP contribution >= 0.6 is 0 Å². The van der Waals surface area contributed by atoms with E-state index in [1.54, 1.807) is 0 Å². The zero-order chi connectivity index (χ0) is 10.3. The third-order valence-electron chi connectivity index (χ3n) is 2.92. The Bertz CT molecular complexity index is 125. The maximum absolute atomic E-state index is 9.66. The SMILES string of the molecule is CCCC(O)CC(C)(CC)CCO. The maximum atomic E-state index is 9.66. The highest BCUT2D eigenvalue weighted by Gasteiger charge is 2.24. The summed E-state index contributed by atoms with van der Waals surface area (Å²) < 4.78 is 0. The van der Waals surface area contributed by atoms with Crippen molar-refractivity contribution in [2.24, 2.45) is 5.41 Å². The topological polar surface area (TPSA) is 40.5 Å². The normalized spacial score (nSPS) is 18.2. The standard InChI is InChI=1S/C11H24O2/c1-4-6-10(13)9-11(3,5-2)7-8-12/h10,12-13H,4-9H2,1-3H3. The Morgan fingerprint density at radius 2 is 1.92 bits per heavy atom. The van der Waals surface area contributed by atoms with E-state index in [9.17, 15) is 5.11 Å². The quantitative estimate of drug-likeness (QED) is 0.644. The molecule has 0 aliphatic rings. The number of hydrogen-bond acceptors (Lipinski definition) is 2. The van der Waals surface area contributed by atoms with E-state index < -0.39 is 0 Å². The molecule has 0 bridgehead atoms. The van der Waals surface area contributed by atoms with Crippen molar-refractivity contribution < 1.29 is 10.2 Å². The van der Waals surface area contributed by atoms with Gasteiger partial charge in [0.25, 0.3) is 0 Å². The lowest BCUT2D eigenvalue weighted by atomic mass is 9.78. The molecule has 2 heteroatoms. The molecular formula is C11H24O2. The minimum Gasteiger partial charge on any atom is -0.396 e. The van der Waals surface area contributed by atoms with Gasteiger partial charge in [-0.25, -0.2) is 0 Å². The smallest absolute Gasteiger partial charge is 0.0545 e. The third-order valence-corrected chi connectivity index (χ3v) is 2.92. The maximum Gasteiger partial charge on any atom is 0.0545 e. The Hall–Kier alpha value is -0.0800. The van der Waals surface area contributed by atoms with Crippen LogP contribution < -0.4 is 0 Å². The molecule has 0 aromatic heterocycles. The van der Waals surface area contributed by atoms with Gasteiger partial charge in [0.15, 0.2) is 0 Å². The van der Waals surface area contributed by atoms with E-state index >= 15 is 0 Å². The van der Waals surface area contributed by atoms with Gasteiger partial charge in [-0.3, -0.25) is 0 Å². The van der Waals surface area contributed by atoms with Crippen LogP contribution in [0.4, 0.5) is 0 Å². The van der Waals surface area contributed by atoms with Crippen LogP contribution in [-0.4, -0.2) is 22.9 Å². The van der Waals surface area contributed by atoms with Gasteiger partial charge < -0.3 is 10.2 Å². The van der Waals surface area contributed by atoms with Crippen molar-refractivity contribution >= 4 is 0 Å². The molecule has 0 spiro atoms. The van der Waals surface area contributed by atoms with E-state index in [1.807, 2.05) is 0 Å². The molecule has 0 heterocycles. The summed E-state index contributed by atoms with van der Waals surface area (Å²) in [5, 5.41) is 18.6. The Morgan fingerprint density at radius 3 is 2.31 bits per heavy atom. The van der Waals surface area contributed by atoms with Crippen LogP contribution in [0.3, 0.4) is 0 Å². The summed E-state index contributed by atoms with van der Waals surface area (Å²) in [4.78, 5) is 0. The van der Waals surface area contributed by atoms with E-state index in [2.05, 4.69) is 20.8 Å². The molecule has 0 amide bonds. The molecule has 0 aromatic carbocycles. The Balaban J connectivity index is 3.93. The van der Waals surface area contributed by atoms with Crippen molar-refractivity contribution in [3.8, 4) is 0 Å². The number of aliphatic hydroxyl groups is 2. The Labute approximate surface area is 82.0 Å². The molecule has 0 rings (SSSR count). The largest absolute Gasteiger partial charge is 0.396 e. The molecule has 0 aliphatic heterocycles. The van der Waals surface area contributed by atoms with Gasteiger partial charge in [0, 0.05) is 6.61 Å². The van der Waals surface area contributed by atoms with Crippen molar-refractivity contribution in [2.75, 3.05) is 6.61 Å². The second kappa shape index (κ2) is 6.39. The minimum absolute atomic E-state index is 0.114. The van der Waals surface area contributed by atoms with E-state index in [4.69, 9.17) is 5.11 Å². The molecule has 2 N–H and O–H groups in total. The lowest BCUT2D eigenvalue weighted by Crippen LogP contribution is -2.24. The predicted octanol–water partition coefficient (Wildman–Crippen LogP) is 2.34. The van der Waals surface area contributed by atoms with E-state index in [0.29, 0.717) is 0 Å². The lowest BCUT2D eigenvalue weighted by molar-refractivity contribution is 0.0781. The van der Waals surface area contributed by atoms with Gasteiger partial charge in [0.1, 0.15) is 0 Å². The average Bonchev–Trinajstić information content (AvgIpc) is 2.05. The zero-order valence-electron chi connectivity index (χ0n) is 9.21. The monoisotopic (exact) mass is 188 g/mol. The fraction of sp³-hybridized carbons (Fsp3) is 1.00. The van der Waals surface area contributed by atoms with Crippen LogP contribution in [0.25, 0.3) is 0 Å². The van der Waals surface area contributed by atoms with Gasteiger partial charge >= 0.3 is 0 Å². The number of hydrogen-bond donors (Lipinski definition) is 2. The summed E-state index contributed by atoms with van der Waals surface area (Å²) >= 11 is 0. The second-order valence-corrected chi connectivity index (χ2v) is 4.28. The molecule has 2 unspecified atom stereocenters. The summed E-state index contributed by atoms with van der Waals surface area (Å²) in [5.74, 6) is 0. The minimum atomic E-state index is -0.193. The van der Waals surface area contributed by atoms with Crippen LogP contribution in [0, 0.1) is 5.41 Å². The van der Waals surface area contributed by atoms with E-state index in [-0.39, 0.29) is 18.1 Å². The van der Waals surface area contributed by atoms with Gasteiger partial charge in [0.05, 0.1) is 6.10 Å². The van der Waals surface area contributed by atoms with Crippen LogP contribution in [-0.2, 0) is 0 Å². The zero-order valence-corrected chi connectivity index (χ0v) is 9.21. The Kier molecular flexibility index (Phi) is 6.35. The highest BCUT2D eigenvalue weighted by molar-refractivity contribution is 4.76. The van der Waals surface area contributed by atoms with Crippen molar-refractivity contribution in [1.29, 1.82) is 0 Å². The second-order valence-electron chi connectivity index (χ2n) is 4.28. The molecule has 0 saturated heterocycles. The first kappa shape index (κ1) is 12.9.